The Morgan fingerprint density at radius 1 is 1.14 bits per heavy atom. The summed E-state index contributed by atoms with van der Waals surface area (Å²) < 4.78 is 0. The molecular weight excluding hydrogens is 370 g/mol. The topological polar surface area (TPSA) is 44.4 Å². The maximum Gasteiger partial charge on any atom is 0.230 e. The summed E-state index contributed by atoms with van der Waals surface area (Å²) in [5.74, 6) is 1.69. The second-order valence-electron chi connectivity index (χ2n) is 9.43. The van der Waals surface area contributed by atoms with Gasteiger partial charge in [0.1, 0.15) is 0 Å². The van der Waals surface area contributed by atoms with Gasteiger partial charge in [-0.3, -0.25) is 9.69 Å². The Balaban J connectivity index is 1.30. The Hall–Kier alpha value is -1.10. The lowest BCUT2D eigenvalue weighted by atomic mass is 9.63. The van der Waals surface area contributed by atoms with Crippen LogP contribution in [0.15, 0.2) is 24.3 Å². The molecule has 4 nitrogen and oxygen atoms in total. The highest BCUT2D eigenvalue weighted by molar-refractivity contribution is 6.30. The Bertz CT molecular complexity index is 717. The van der Waals surface area contributed by atoms with Gasteiger partial charge in [-0.25, -0.2) is 0 Å². The SMILES string of the molecule is O=C(NC[C@H]1[C@@H]2CNC[C@@H](C2)[C@@H]2CCCCN21)C1(c2ccc(Cl)cc2)CCC1. The summed E-state index contributed by atoms with van der Waals surface area (Å²) >= 11 is 6.07. The zero-order valence-electron chi connectivity index (χ0n) is 16.6. The molecule has 1 amide bonds. The summed E-state index contributed by atoms with van der Waals surface area (Å²) in [6.45, 7) is 4.28. The third-order valence-electron chi connectivity index (χ3n) is 8.04. The second-order valence-corrected chi connectivity index (χ2v) is 9.87. The van der Waals surface area contributed by atoms with Gasteiger partial charge < -0.3 is 10.6 Å². The number of hydrogen-bond donors (Lipinski definition) is 2. The first-order valence-electron chi connectivity index (χ1n) is 11.2. The fraction of sp³-hybridized carbons (Fsp3) is 0.696. The molecule has 5 rings (SSSR count). The number of hydrogen-bond acceptors (Lipinski definition) is 3. The van der Waals surface area contributed by atoms with Crippen LogP contribution in [0.4, 0.5) is 0 Å². The number of nitrogens with zero attached hydrogens (tertiary/aromatic N) is 1. The molecule has 4 atom stereocenters. The van der Waals surface area contributed by atoms with Crippen LogP contribution in [0.25, 0.3) is 0 Å². The third kappa shape index (κ3) is 3.18. The number of carbonyl (C=O) groups is 1. The molecule has 28 heavy (non-hydrogen) atoms. The van der Waals surface area contributed by atoms with Crippen molar-refractivity contribution in [3.05, 3.63) is 34.9 Å². The summed E-state index contributed by atoms with van der Waals surface area (Å²) in [4.78, 5) is 16.1. The molecule has 4 fully saturated rings. The number of halogens is 1. The second kappa shape index (κ2) is 7.62. The minimum absolute atomic E-state index is 0.223. The lowest BCUT2D eigenvalue weighted by Gasteiger charge is -2.55. The first-order chi connectivity index (χ1) is 13.7. The summed E-state index contributed by atoms with van der Waals surface area (Å²) in [6, 6.07) is 9.11. The van der Waals surface area contributed by atoms with Crippen LogP contribution in [0.3, 0.4) is 0 Å². The number of amides is 1. The van der Waals surface area contributed by atoms with E-state index in [1.54, 1.807) is 0 Å². The zero-order valence-corrected chi connectivity index (χ0v) is 17.4. The Kier molecular flexibility index (Phi) is 5.14. The van der Waals surface area contributed by atoms with Crippen LogP contribution < -0.4 is 10.6 Å². The van der Waals surface area contributed by atoms with E-state index >= 15 is 0 Å². The van der Waals surface area contributed by atoms with Gasteiger partial charge in [0, 0.05) is 23.7 Å². The third-order valence-corrected chi connectivity index (χ3v) is 8.29. The number of carbonyl (C=O) groups excluding carboxylic acids is 1. The van der Waals surface area contributed by atoms with Gasteiger partial charge in [-0.2, -0.15) is 0 Å². The molecule has 4 aliphatic rings. The van der Waals surface area contributed by atoms with Gasteiger partial charge in [-0.1, -0.05) is 36.6 Å². The van der Waals surface area contributed by atoms with E-state index in [9.17, 15) is 4.79 Å². The van der Waals surface area contributed by atoms with Crippen molar-refractivity contribution in [1.29, 1.82) is 0 Å². The highest BCUT2D eigenvalue weighted by Crippen LogP contribution is 2.44. The average Bonchev–Trinajstić information content (AvgIpc) is 2.69. The van der Waals surface area contributed by atoms with Crippen LogP contribution in [0.2, 0.25) is 5.02 Å². The molecule has 2 N–H and O–H groups in total. The average molecular weight is 402 g/mol. The number of nitrogens with one attached hydrogen (secondary N) is 2. The minimum Gasteiger partial charge on any atom is -0.354 e. The van der Waals surface area contributed by atoms with E-state index in [-0.39, 0.29) is 11.3 Å². The zero-order chi connectivity index (χ0) is 19.1. The number of rotatable bonds is 4. The molecule has 1 aromatic rings. The smallest absolute Gasteiger partial charge is 0.230 e. The van der Waals surface area contributed by atoms with Crippen LogP contribution in [0.5, 0.6) is 0 Å². The van der Waals surface area contributed by atoms with E-state index in [1.165, 1.54) is 38.8 Å². The van der Waals surface area contributed by atoms with E-state index in [1.807, 2.05) is 24.3 Å². The molecule has 1 saturated carbocycles. The van der Waals surface area contributed by atoms with Crippen molar-refractivity contribution >= 4 is 17.5 Å². The van der Waals surface area contributed by atoms with Crippen molar-refractivity contribution in [3.63, 3.8) is 0 Å². The molecule has 1 aromatic carbocycles. The normalized spacial score (nSPS) is 34.2. The van der Waals surface area contributed by atoms with Crippen molar-refractivity contribution in [1.82, 2.24) is 15.5 Å². The molecule has 0 unspecified atom stereocenters. The number of piperidine rings is 3. The van der Waals surface area contributed by atoms with Gasteiger partial charge in [0.2, 0.25) is 5.91 Å². The maximum atomic E-state index is 13.3. The highest BCUT2D eigenvalue weighted by Gasteiger charge is 2.48. The van der Waals surface area contributed by atoms with E-state index in [2.05, 4.69) is 15.5 Å². The number of fused-ring (bicyclic) bond motifs is 4. The van der Waals surface area contributed by atoms with Gasteiger partial charge >= 0.3 is 0 Å². The highest BCUT2D eigenvalue weighted by atomic mass is 35.5. The van der Waals surface area contributed by atoms with Crippen molar-refractivity contribution in [2.75, 3.05) is 26.2 Å². The molecule has 152 valence electrons. The standard InChI is InChI=1S/C23H32ClN3O/c24-19-7-5-18(6-8-19)23(9-3-10-23)22(28)26-15-21-17-12-16(13-25-14-17)20-4-1-2-11-27(20)21/h5-8,16-17,20-21,25H,1-4,9-15H2,(H,26,28)/t16-,17+,20+,21+/m1/s1. The summed E-state index contributed by atoms with van der Waals surface area (Å²) in [6.07, 6.45) is 8.36. The lowest BCUT2D eigenvalue weighted by molar-refractivity contribution is -0.131. The fourth-order valence-electron chi connectivity index (χ4n) is 6.36. The molecule has 3 saturated heterocycles. The van der Waals surface area contributed by atoms with E-state index in [0.29, 0.717) is 18.0 Å². The van der Waals surface area contributed by atoms with Gasteiger partial charge in [0.05, 0.1) is 5.41 Å². The van der Waals surface area contributed by atoms with Crippen LogP contribution >= 0.6 is 11.6 Å². The molecule has 2 bridgehead atoms. The monoisotopic (exact) mass is 401 g/mol. The summed E-state index contributed by atoms with van der Waals surface area (Å²) in [7, 11) is 0. The molecule has 5 heteroatoms. The first-order valence-corrected chi connectivity index (χ1v) is 11.6. The molecule has 3 aliphatic heterocycles. The van der Waals surface area contributed by atoms with Crippen molar-refractivity contribution < 1.29 is 4.79 Å². The number of benzene rings is 1. The fourth-order valence-corrected chi connectivity index (χ4v) is 6.49. The Labute approximate surface area is 173 Å². The summed E-state index contributed by atoms with van der Waals surface area (Å²) in [5.41, 5.74) is 0.785. The van der Waals surface area contributed by atoms with Gasteiger partial charge in [0.25, 0.3) is 0 Å². The molecule has 0 radical (unpaired) electrons. The Morgan fingerprint density at radius 2 is 1.93 bits per heavy atom. The largest absolute Gasteiger partial charge is 0.354 e. The molecular formula is C23H32ClN3O. The molecule has 1 aliphatic carbocycles. The van der Waals surface area contributed by atoms with Gasteiger partial charge in [-0.05, 0) is 81.3 Å². The maximum absolute atomic E-state index is 13.3. The minimum atomic E-state index is -0.339. The lowest BCUT2D eigenvalue weighted by Crippen LogP contribution is -2.65. The van der Waals surface area contributed by atoms with Gasteiger partial charge in [-0.15, -0.1) is 0 Å². The Morgan fingerprint density at radius 3 is 2.68 bits per heavy atom. The van der Waals surface area contributed by atoms with Crippen LogP contribution in [0.1, 0.15) is 50.5 Å². The molecule has 3 heterocycles. The molecule has 0 spiro atoms. The summed E-state index contributed by atoms with van der Waals surface area (Å²) in [5, 5.41) is 7.81. The predicted octanol–water partition coefficient (Wildman–Crippen LogP) is 3.34. The van der Waals surface area contributed by atoms with Crippen molar-refractivity contribution in [2.45, 2.75) is 62.4 Å². The molecule has 0 aromatic heterocycles. The van der Waals surface area contributed by atoms with Gasteiger partial charge in [0.15, 0.2) is 0 Å². The van der Waals surface area contributed by atoms with E-state index < -0.39 is 0 Å². The quantitative estimate of drug-likeness (QED) is 0.813. The first kappa shape index (κ1) is 18.9. The van der Waals surface area contributed by atoms with Crippen LogP contribution in [-0.4, -0.2) is 49.1 Å². The van der Waals surface area contributed by atoms with Crippen molar-refractivity contribution in [2.24, 2.45) is 11.8 Å². The predicted molar refractivity (Wildman–Crippen MR) is 113 cm³/mol. The van der Waals surface area contributed by atoms with Crippen molar-refractivity contribution in [3.8, 4) is 0 Å². The van der Waals surface area contributed by atoms with Crippen LogP contribution in [-0.2, 0) is 10.2 Å². The van der Waals surface area contributed by atoms with E-state index in [0.717, 1.165) is 48.9 Å². The van der Waals surface area contributed by atoms with E-state index in [4.69, 9.17) is 11.6 Å². The van der Waals surface area contributed by atoms with Crippen LogP contribution in [0, 0.1) is 11.8 Å².